The van der Waals surface area contributed by atoms with Gasteiger partial charge in [-0.1, -0.05) is 41.6 Å². The molecule has 1 atom stereocenters. The van der Waals surface area contributed by atoms with E-state index in [0.29, 0.717) is 24.9 Å². The molecule has 1 amide bonds. The Morgan fingerprint density at radius 3 is 2.46 bits per heavy atom. The van der Waals surface area contributed by atoms with Crippen molar-refractivity contribution < 1.29 is 19.1 Å². The van der Waals surface area contributed by atoms with Crippen molar-refractivity contribution in [2.24, 2.45) is 13.0 Å². The molecule has 5 aromatic rings. The topological polar surface area (TPSA) is 104 Å². The Hall–Kier alpha value is -4.57. The van der Waals surface area contributed by atoms with Crippen LogP contribution in [0.4, 0.5) is 0 Å². The highest BCUT2D eigenvalue weighted by molar-refractivity contribution is 6.07. The molecule has 2 fully saturated rings. The largest absolute Gasteiger partial charge is 0.456 e. The van der Waals surface area contributed by atoms with Crippen molar-refractivity contribution in [2.75, 3.05) is 32.9 Å². The molecule has 0 aliphatic carbocycles. The van der Waals surface area contributed by atoms with Crippen molar-refractivity contribution in [2.45, 2.75) is 51.5 Å². The molecule has 2 aliphatic rings. The molecule has 0 unspecified atom stereocenters. The summed E-state index contributed by atoms with van der Waals surface area (Å²) in [6, 6.07) is 20.1. The maximum Gasteiger partial charge on any atom is 0.303 e. The number of nitrogens with zero attached hydrogens (tertiary/aromatic N) is 6. The molecule has 10 heteroatoms. The number of amides is 1. The Morgan fingerprint density at radius 1 is 1.00 bits per heavy atom. The first-order valence-corrected chi connectivity index (χ1v) is 16.2. The maximum absolute atomic E-state index is 12.6. The van der Waals surface area contributed by atoms with Gasteiger partial charge in [0.25, 0.3) is 5.91 Å². The van der Waals surface area contributed by atoms with Gasteiger partial charge in [-0.2, -0.15) is 0 Å². The van der Waals surface area contributed by atoms with Gasteiger partial charge in [0.05, 0.1) is 34.0 Å². The number of aromatic nitrogens is 5. The van der Waals surface area contributed by atoms with Crippen LogP contribution in [-0.2, 0) is 26.1 Å². The second kappa shape index (κ2) is 12.7. The van der Waals surface area contributed by atoms with E-state index in [2.05, 4.69) is 69.5 Å². The number of esters is 1. The first-order valence-electron chi connectivity index (χ1n) is 16.2. The summed E-state index contributed by atoms with van der Waals surface area (Å²) in [4.78, 5) is 30.7. The molecule has 0 saturated carbocycles. The van der Waals surface area contributed by atoms with Gasteiger partial charge in [0.2, 0.25) is 0 Å². The highest BCUT2D eigenvalue weighted by atomic mass is 16.5. The lowest BCUT2D eigenvalue weighted by atomic mass is 9.86. The zero-order chi connectivity index (χ0) is 31.8. The van der Waals surface area contributed by atoms with Crippen molar-refractivity contribution in [1.82, 2.24) is 29.4 Å². The van der Waals surface area contributed by atoms with Gasteiger partial charge in [-0.3, -0.25) is 14.6 Å². The van der Waals surface area contributed by atoms with Gasteiger partial charge in [-0.25, -0.2) is 4.68 Å². The number of carbonyl (C=O) groups is 2. The summed E-state index contributed by atoms with van der Waals surface area (Å²) in [5.41, 5.74) is 8.61. The van der Waals surface area contributed by atoms with Crippen LogP contribution < -0.4 is 0 Å². The van der Waals surface area contributed by atoms with Crippen LogP contribution >= 0.6 is 0 Å². The lowest BCUT2D eigenvalue weighted by molar-refractivity contribution is -0.150. The molecule has 3 aromatic heterocycles. The average molecular weight is 621 g/mol. The number of benzene rings is 2. The normalized spacial score (nSPS) is 17.1. The zero-order valence-corrected chi connectivity index (χ0v) is 26.7. The number of ether oxygens (including phenoxy) is 2. The molecule has 238 valence electrons. The van der Waals surface area contributed by atoms with E-state index in [0.717, 1.165) is 77.8 Å². The molecule has 0 bridgehead atoms. The monoisotopic (exact) mass is 620 g/mol. The van der Waals surface area contributed by atoms with Crippen molar-refractivity contribution in [3.63, 3.8) is 0 Å². The van der Waals surface area contributed by atoms with Crippen molar-refractivity contribution in [1.29, 1.82) is 0 Å². The molecular formula is C36H40N6O4. The molecule has 2 saturated heterocycles. The summed E-state index contributed by atoms with van der Waals surface area (Å²) in [6.07, 6.45) is 5.64. The zero-order valence-electron chi connectivity index (χ0n) is 26.7. The van der Waals surface area contributed by atoms with Crippen LogP contribution in [0.2, 0.25) is 0 Å². The second-order valence-electron chi connectivity index (χ2n) is 12.6. The Morgan fingerprint density at radius 2 is 1.76 bits per heavy atom. The van der Waals surface area contributed by atoms with E-state index in [1.807, 2.05) is 24.9 Å². The Kier molecular flexibility index (Phi) is 8.29. The van der Waals surface area contributed by atoms with Gasteiger partial charge in [0.15, 0.2) is 6.61 Å². The first kappa shape index (κ1) is 30.1. The highest BCUT2D eigenvalue weighted by Gasteiger charge is 2.31. The molecule has 2 aromatic carbocycles. The Balaban J connectivity index is 1.33. The van der Waals surface area contributed by atoms with Crippen LogP contribution in [0.3, 0.4) is 0 Å². The summed E-state index contributed by atoms with van der Waals surface area (Å²) in [5, 5.41) is 9.71. The van der Waals surface area contributed by atoms with E-state index >= 15 is 0 Å². The van der Waals surface area contributed by atoms with E-state index in [9.17, 15) is 9.59 Å². The summed E-state index contributed by atoms with van der Waals surface area (Å²) in [5.74, 6) is 0.164. The van der Waals surface area contributed by atoms with Gasteiger partial charge in [-0.15, -0.1) is 5.10 Å². The van der Waals surface area contributed by atoms with Crippen LogP contribution in [0.1, 0.15) is 61.4 Å². The Bertz CT molecular complexity index is 1860. The van der Waals surface area contributed by atoms with E-state index < -0.39 is 5.97 Å². The van der Waals surface area contributed by atoms with Gasteiger partial charge in [-0.05, 0) is 73.8 Å². The highest BCUT2D eigenvalue weighted by Crippen LogP contribution is 2.42. The fraction of sp³-hybridized carbons (Fsp3) is 0.417. The summed E-state index contributed by atoms with van der Waals surface area (Å²) in [7, 11) is 1.92. The first-order chi connectivity index (χ1) is 22.4. The number of pyridine rings is 1. The van der Waals surface area contributed by atoms with Crippen LogP contribution in [0.25, 0.3) is 33.2 Å². The minimum atomic E-state index is -0.435. The predicted octanol–water partition coefficient (Wildman–Crippen LogP) is 5.58. The number of likely N-dealkylation sites (tertiary alicyclic amines) is 1. The van der Waals surface area contributed by atoms with E-state index in [-0.39, 0.29) is 18.6 Å². The average Bonchev–Trinajstić information content (AvgIpc) is 3.59. The van der Waals surface area contributed by atoms with Crippen LogP contribution in [0, 0.1) is 12.8 Å². The molecule has 5 heterocycles. The number of carbonyl (C=O) groups excluding carboxylic acids is 2. The number of rotatable bonds is 7. The van der Waals surface area contributed by atoms with E-state index in [4.69, 9.17) is 14.5 Å². The van der Waals surface area contributed by atoms with E-state index in [1.54, 1.807) is 4.90 Å². The SMILES string of the molecule is CC(=O)OCC(=O)N1CCC(c2ccc3c(c2)c2ncc(-c4c(C)nnn4C)cc2n3[C@H](c2ccccc2)C2CCOCC2)CC1. The summed E-state index contributed by atoms with van der Waals surface area (Å²) >= 11 is 0. The lowest BCUT2D eigenvalue weighted by Crippen LogP contribution is -2.40. The number of piperidine rings is 1. The van der Waals surface area contributed by atoms with Gasteiger partial charge < -0.3 is 18.9 Å². The van der Waals surface area contributed by atoms with Crippen molar-refractivity contribution in [3.8, 4) is 11.3 Å². The molecule has 2 aliphatic heterocycles. The third-order valence-corrected chi connectivity index (χ3v) is 9.78. The quantitative estimate of drug-likeness (QED) is 0.219. The number of hydrogen-bond donors (Lipinski definition) is 0. The number of hydrogen-bond acceptors (Lipinski definition) is 7. The fourth-order valence-electron chi connectivity index (χ4n) is 7.50. The standard InChI is InChI=1S/C36H40N6O4/c1-23-35(40(3)39-38-23)29-20-32-34(37-21-29)30-19-28(25-11-15-41(16-12-25)33(44)22-46-24(2)43)9-10-31(30)42(32)36(26-7-5-4-6-8-26)27-13-17-45-18-14-27/h4-10,19-21,25,27,36H,11-18,22H2,1-3H3/t36-/m1/s1. The van der Waals surface area contributed by atoms with Crippen molar-refractivity contribution in [3.05, 3.63) is 77.6 Å². The summed E-state index contributed by atoms with van der Waals surface area (Å²) < 4.78 is 15.1. The fourth-order valence-corrected chi connectivity index (χ4v) is 7.50. The molecule has 46 heavy (non-hydrogen) atoms. The smallest absolute Gasteiger partial charge is 0.303 e. The molecular weight excluding hydrogens is 580 g/mol. The minimum absolute atomic E-state index is 0.116. The van der Waals surface area contributed by atoms with Gasteiger partial charge in [0, 0.05) is 57.4 Å². The predicted molar refractivity (Wildman–Crippen MR) is 175 cm³/mol. The molecule has 0 spiro atoms. The van der Waals surface area contributed by atoms with Gasteiger partial charge >= 0.3 is 5.97 Å². The number of fused-ring (bicyclic) bond motifs is 3. The third-order valence-electron chi connectivity index (χ3n) is 9.78. The van der Waals surface area contributed by atoms with Crippen molar-refractivity contribution >= 4 is 33.8 Å². The third kappa shape index (κ3) is 5.66. The molecule has 0 N–H and O–H groups in total. The maximum atomic E-state index is 12.6. The molecule has 0 radical (unpaired) electrons. The minimum Gasteiger partial charge on any atom is -0.456 e. The summed E-state index contributed by atoms with van der Waals surface area (Å²) in [6.45, 7) is 5.93. The van der Waals surface area contributed by atoms with E-state index in [1.165, 1.54) is 18.1 Å². The molecule has 7 rings (SSSR count). The Labute approximate surface area is 268 Å². The van der Waals surface area contributed by atoms with Crippen LogP contribution in [0.15, 0.2) is 60.8 Å². The lowest BCUT2D eigenvalue weighted by Gasteiger charge is -2.33. The van der Waals surface area contributed by atoms with Crippen LogP contribution in [0.5, 0.6) is 0 Å². The molecule has 10 nitrogen and oxygen atoms in total. The van der Waals surface area contributed by atoms with Crippen LogP contribution in [-0.4, -0.2) is 74.2 Å². The number of aryl methyl sites for hydroxylation is 2. The second-order valence-corrected chi connectivity index (χ2v) is 12.6. The van der Waals surface area contributed by atoms with Gasteiger partial charge in [0.1, 0.15) is 0 Å².